The van der Waals surface area contributed by atoms with Gasteiger partial charge >= 0.3 is 0 Å². The highest BCUT2D eigenvalue weighted by atomic mass is 19.1. The van der Waals surface area contributed by atoms with Crippen molar-refractivity contribution in [2.24, 2.45) is 0 Å². The number of ether oxygens (including phenoxy) is 1. The third-order valence-corrected chi connectivity index (χ3v) is 1.96. The van der Waals surface area contributed by atoms with Gasteiger partial charge in [-0.25, -0.2) is 14.4 Å². The van der Waals surface area contributed by atoms with E-state index < -0.39 is 5.82 Å². The minimum Gasteiger partial charge on any atom is -0.383 e. The second-order valence-corrected chi connectivity index (χ2v) is 3.31. The van der Waals surface area contributed by atoms with E-state index in [0.29, 0.717) is 12.6 Å². The van der Waals surface area contributed by atoms with E-state index >= 15 is 0 Å². The number of anilines is 1. The molecule has 1 aromatic heterocycles. The highest BCUT2D eigenvalue weighted by Crippen LogP contribution is 2.05. The maximum absolute atomic E-state index is 12.5. The molecule has 1 rings (SSSR count). The van der Waals surface area contributed by atoms with Gasteiger partial charge in [0.2, 0.25) is 5.95 Å². The summed E-state index contributed by atoms with van der Waals surface area (Å²) in [6.07, 6.45) is 4.30. The van der Waals surface area contributed by atoms with Gasteiger partial charge in [0.15, 0.2) is 5.82 Å². The lowest BCUT2D eigenvalue weighted by Gasteiger charge is -2.16. The number of rotatable bonds is 6. The summed E-state index contributed by atoms with van der Waals surface area (Å²) >= 11 is 0. The molecular weight excluding hydrogens is 197 g/mol. The molecule has 4 nitrogen and oxygen atoms in total. The Morgan fingerprint density at radius 3 is 2.67 bits per heavy atom. The maximum atomic E-state index is 12.5. The molecule has 1 N–H and O–H groups in total. The molecule has 0 fully saturated rings. The number of methoxy groups -OCH3 is 1. The summed E-state index contributed by atoms with van der Waals surface area (Å²) in [6.45, 7) is 2.68. The smallest absolute Gasteiger partial charge is 0.223 e. The van der Waals surface area contributed by atoms with Gasteiger partial charge in [0.25, 0.3) is 0 Å². The van der Waals surface area contributed by atoms with Gasteiger partial charge in [0.1, 0.15) is 0 Å². The van der Waals surface area contributed by atoms with E-state index in [4.69, 9.17) is 4.74 Å². The lowest BCUT2D eigenvalue weighted by Crippen LogP contribution is -2.25. The van der Waals surface area contributed by atoms with Crippen molar-refractivity contribution < 1.29 is 9.13 Å². The summed E-state index contributed by atoms with van der Waals surface area (Å²) in [5, 5.41) is 3.09. The topological polar surface area (TPSA) is 47.0 Å². The minimum atomic E-state index is -0.431. The summed E-state index contributed by atoms with van der Waals surface area (Å²) in [6, 6.07) is 0.172. The van der Waals surface area contributed by atoms with Crippen LogP contribution in [0.5, 0.6) is 0 Å². The molecule has 5 heteroatoms. The van der Waals surface area contributed by atoms with Crippen molar-refractivity contribution in [1.29, 1.82) is 0 Å². The molecule has 0 aliphatic rings. The molecule has 1 aromatic rings. The van der Waals surface area contributed by atoms with E-state index in [1.165, 1.54) is 0 Å². The highest BCUT2D eigenvalue weighted by Gasteiger charge is 2.08. The third-order valence-electron chi connectivity index (χ3n) is 1.96. The first kappa shape index (κ1) is 11.8. The van der Waals surface area contributed by atoms with Crippen LogP contribution in [0.25, 0.3) is 0 Å². The Morgan fingerprint density at radius 1 is 1.47 bits per heavy atom. The highest BCUT2D eigenvalue weighted by molar-refractivity contribution is 5.24. The van der Waals surface area contributed by atoms with E-state index in [0.717, 1.165) is 25.2 Å². The number of aromatic nitrogens is 2. The number of halogens is 1. The second-order valence-electron chi connectivity index (χ2n) is 3.31. The average molecular weight is 213 g/mol. The molecule has 0 radical (unpaired) electrons. The fourth-order valence-electron chi connectivity index (χ4n) is 1.32. The third kappa shape index (κ3) is 4.20. The molecule has 1 atom stereocenters. The Morgan fingerprint density at radius 2 is 2.13 bits per heavy atom. The van der Waals surface area contributed by atoms with Crippen LogP contribution < -0.4 is 5.32 Å². The van der Waals surface area contributed by atoms with Crippen molar-refractivity contribution >= 4 is 5.95 Å². The molecule has 1 unspecified atom stereocenters. The fraction of sp³-hybridized carbons (Fsp3) is 0.600. The Bertz CT molecular complexity index is 273. The van der Waals surface area contributed by atoms with Crippen LogP contribution in [0.4, 0.5) is 10.3 Å². The van der Waals surface area contributed by atoms with Gasteiger partial charge in [-0.2, -0.15) is 0 Å². The van der Waals surface area contributed by atoms with Crippen LogP contribution in [0.15, 0.2) is 12.4 Å². The molecule has 0 spiro atoms. The number of hydrogen-bond acceptors (Lipinski definition) is 4. The van der Waals surface area contributed by atoms with Crippen LogP contribution in [0, 0.1) is 5.82 Å². The zero-order valence-electron chi connectivity index (χ0n) is 9.03. The minimum absolute atomic E-state index is 0.172. The van der Waals surface area contributed by atoms with Crippen LogP contribution >= 0.6 is 0 Å². The summed E-state index contributed by atoms with van der Waals surface area (Å²) in [5.74, 6) is 0.00577. The van der Waals surface area contributed by atoms with Gasteiger partial charge in [-0.1, -0.05) is 13.3 Å². The van der Waals surface area contributed by atoms with Crippen molar-refractivity contribution in [2.45, 2.75) is 25.8 Å². The van der Waals surface area contributed by atoms with Gasteiger partial charge in [-0.05, 0) is 6.42 Å². The predicted molar refractivity (Wildman–Crippen MR) is 56.2 cm³/mol. The van der Waals surface area contributed by atoms with Gasteiger partial charge in [-0.3, -0.25) is 0 Å². The molecule has 0 bridgehead atoms. The molecule has 0 aliphatic carbocycles. The van der Waals surface area contributed by atoms with Gasteiger partial charge in [0.05, 0.1) is 25.0 Å². The van der Waals surface area contributed by atoms with Gasteiger partial charge in [-0.15, -0.1) is 0 Å². The summed E-state index contributed by atoms with van der Waals surface area (Å²) in [7, 11) is 1.65. The van der Waals surface area contributed by atoms with Crippen molar-refractivity contribution in [1.82, 2.24) is 9.97 Å². The maximum Gasteiger partial charge on any atom is 0.223 e. The van der Waals surface area contributed by atoms with E-state index in [1.54, 1.807) is 7.11 Å². The lowest BCUT2D eigenvalue weighted by atomic mass is 10.2. The van der Waals surface area contributed by atoms with Crippen molar-refractivity contribution in [3.05, 3.63) is 18.2 Å². The first-order valence-corrected chi connectivity index (χ1v) is 4.99. The number of nitrogens with one attached hydrogen (secondary N) is 1. The standard InChI is InChI=1S/C10H16FN3O/c1-3-4-9(7-15-2)14-10-12-5-8(11)6-13-10/h5-6,9H,3-4,7H2,1-2H3,(H,12,13,14). The average Bonchev–Trinajstić information content (AvgIpc) is 2.22. The Labute approximate surface area is 88.9 Å². The van der Waals surface area contributed by atoms with E-state index in [1.807, 2.05) is 0 Å². The van der Waals surface area contributed by atoms with Crippen molar-refractivity contribution in [3.8, 4) is 0 Å². The zero-order chi connectivity index (χ0) is 11.1. The van der Waals surface area contributed by atoms with E-state index in [9.17, 15) is 4.39 Å². The van der Waals surface area contributed by atoms with Gasteiger partial charge in [0, 0.05) is 7.11 Å². The predicted octanol–water partition coefficient (Wildman–Crippen LogP) is 1.84. The lowest BCUT2D eigenvalue weighted by molar-refractivity contribution is 0.182. The SMILES string of the molecule is CCCC(COC)Nc1ncc(F)cn1. The molecule has 0 aliphatic heterocycles. The van der Waals surface area contributed by atoms with Crippen LogP contribution in [0.2, 0.25) is 0 Å². The molecule has 15 heavy (non-hydrogen) atoms. The summed E-state index contributed by atoms with van der Waals surface area (Å²) in [4.78, 5) is 7.66. The van der Waals surface area contributed by atoms with Crippen LogP contribution in [0.1, 0.15) is 19.8 Å². The molecule has 0 aromatic carbocycles. The fourth-order valence-corrected chi connectivity index (χ4v) is 1.32. The van der Waals surface area contributed by atoms with Crippen molar-refractivity contribution in [2.75, 3.05) is 19.0 Å². The number of hydrogen-bond donors (Lipinski definition) is 1. The Hall–Kier alpha value is -1.23. The van der Waals surface area contributed by atoms with Crippen LogP contribution in [-0.4, -0.2) is 29.7 Å². The quantitative estimate of drug-likeness (QED) is 0.783. The van der Waals surface area contributed by atoms with E-state index in [-0.39, 0.29) is 6.04 Å². The number of nitrogens with zero attached hydrogens (tertiary/aromatic N) is 2. The zero-order valence-corrected chi connectivity index (χ0v) is 9.03. The molecule has 0 saturated carbocycles. The monoisotopic (exact) mass is 213 g/mol. The van der Waals surface area contributed by atoms with Crippen LogP contribution in [-0.2, 0) is 4.74 Å². The van der Waals surface area contributed by atoms with Crippen molar-refractivity contribution in [3.63, 3.8) is 0 Å². The molecular formula is C10H16FN3O. The normalized spacial score (nSPS) is 12.5. The second kappa shape index (κ2) is 6.29. The molecule has 1 heterocycles. The Balaban J connectivity index is 2.53. The largest absolute Gasteiger partial charge is 0.383 e. The van der Waals surface area contributed by atoms with Crippen LogP contribution in [0.3, 0.4) is 0 Å². The first-order valence-electron chi connectivity index (χ1n) is 4.99. The molecule has 84 valence electrons. The molecule has 0 amide bonds. The van der Waals surface area contributed by atoms with Gasteiger partial charge < -0.3 is 10.1 Å². The Kier molecular flexibility index (Phi) is 4.97. The molecule has 0 saturated heterocycles. The van der Waals surface area contributed by atoms with E-state index in [2.05, 4.69) is 22.2 Å². The summed E-state index contributed by atoms with van der Waals surface area (Å²) < 4.78 is 17.6. The summed E-state index contributed by atoms with van der Waals surface area (Å²) in [5.41, 5.74) is 0. The first-order chi connectivity index (χ1) is 7.26.